The molecule has 1 aliphatic rings. The van der Waals surface area contributed by atoms with Crippen LogP contribution in [0.2, 0.25) is 0 Å². The van der Waals surface area contributed by atoms with Gasteiger partial charge in [-0.3, -0.25) is 4.79 Å². The first-order valence-corrected chi connectivity index (χ1v) is 11.0. The first-order chi connectivity index (χ1) is 13.3. The summed E-state index contributed by atoms with van der Waals surface area (Å²) in [5, 5.41) is 2.43. The van der Waals surface area contributed by atoms with Crippen LogP contribution in [0.5, 0.6) is 0 Å². The van der Waals surface area contributed by atoms with Crippen LogP contribution in [0.3, 0.4) is 0 Å². The van der Waals surface area contributed by atoms with Crippen molar-refractivity contribution < 1.29 is 13.2 Å². The summed E-state index contributed by atoms with van der Waals surface area (Å²) in [4.78, 5) is 14.4. The van der Waals surface area contributed by atoms with Crippen molar-refractivity contribution in [3.8, 4) is 0 Å². The third kappa shape index (κ3) is 4.79. The molecule has 0 spiro atoms. The van der Waals surface area contributed by atoms with Crippen molar-refractivity contribution in [2.24, 2.45) is 0 Å². The van der Waals surface area contributed by atoms with Gasteiger partial charge in [0.05, 0.1) is 5.25 Å². The molecular formula is C21H27N3O3S. The van der Waals surface area contributed by atoms with Crippen molar-refractivity contribution in [1.82, 2.24) is 9.62 Å². The Morgan fingerprint density at radius 3 is 2.29 bits per heavy atom. The van der Waals surface area contributed by atoms with Crippen molar-refractivity contribution in [2.75, 3.05) is 25.5 Å². The van der Waals surface area contributed by atoms with E-state index in [0.717, 1.165) is 12.1 Å². The second-order valence-electron chi connectivity index (χ2n) is 7.59. The normalized spacial score (nSPS) is 20.4. The number of carbonyl (C=O) groups excluding carboxylic acids is 1. The Labute approximate surface area is 167 Å². The van der Waals surface area contributed by atoms with E-state index < -0.39 is 15.3 Å². The van der Waals surface area contributed by atoms with Gasteiger partial charge in [0.25, 0.3) is 5.91 Å². The Morgan fingerprint density at radius 1 is 1.04 bits per heavy atom. The SMILES string of the molecule is CC(C)S(=O)(=O)N[C@H]1CN(C)C[C@@H]1c1ccc(NC(=O)c2ccccc2)cc1. The van der Waals surface area contributed by atoms with E-state index in [1.165, 1.54) is 0 Å². The zero-order valence-corrected chi connectivity index (χ0v) is 17.2. The molecule has 0 radical (unpaired) electrons. The van der Waals surface area contributed by atoms with Gasteiger partial charge in [-0.15, -0.1) is 0 Å². The summed E-state index contributed by atoms with van der Waals surface area (Å²) in [7, 11) is -1.34. The minimum atomic E-state index is -3.33. The van der Waals surface area contributed by atoms with Crippen LogP contribution >= 0.6 is 0 Å². The number of rotatable bonds is 6. The van der Waals surface area contributed by atoms with Gasteiger partial charge in [0, 0.05) is 36.3 Å². The summed E-state index contributed by atoms with van der Waals surface area (Å²) < 4.78 is 27.5. The van der Waals surface area contributed by atoms with Crippen LogP contribution in [0.4, 0.5) is 5.69 Å². The molecule has 3 rings (SSSR count). The minimum absolute atomic E-state index is 0.0670. The molecule has 28 heavy (non-hydrogen) atoms. The lowest BCUT2D eigenvalue weighted by atomic mass is 9.95. The zero-order chi connectivity index (χ0) is 20.3. The maximum absolute atomic E-state index is 12.3. The van der Waals surface area contributed by atoms with Gasteiger partial charge < -0.3 is 10.2 Å². The van der Waals surface area contributed by atoms with Gasteiger partial charge in [-0.2, -0.15) is 0 Å². The van der Waals surface area contributed by atoms with Gasteiger partial charge in [-0.1, -0.05) is 30.3 Å². The number of hydrogen-bond donors (Lipinski definition) is 2. The molecule has 7 heteroatoms. The number of sulfonamides is 1. The lowest BCUT2D eigenvalue weighted by molar-refractivity contribution is 0.102. The molecule has 0 saturated carbocycles. The molecule has 0 aromatic heterocycles. The van der Waals surface area contributed by atoms with Crippen LogP contribution in [-0.2, 0) is 10.0 Å². The summed E-state index contributed by atoms with van der Waals surface area (Å²) in [6.45, 7) is 4.81. The highest BCUT2D eigenvalue weighted by Gasteiger charge is 2.35. The summed E-state index contributed by atoms with van der Waals surface area (Å²) in [6, 6.07) is 16.5. The average Bonchev–Trinajstić information content (AvgIpc) is 3.02. The van der Waals surface area contributed by atoms with Crippen LogP contribution in [-0.4, -0.2) is 50.7 Å². The van der Waals surface area contributed by atoms with Crippen LogP contribution in [0, 0.1) is 0 Å². The fourth-order valence-corrected chi connectivity index (χ4v) is 4.34. The van der Waals surface area contributed by atoms with E-state index in [0.29, 0.717) is 17.8 Å². The van der Waals surface area contributed by atoms with Gasteiger partial charge in [0.1, 0.15) is 0 Å². The molecule has 1 amide bonds. The third-order valence-electron chi connectivity index (χ3n) is 5.07. The predicted octanol–water partition coefficient (Wildman–Crippen LogP) is 2.66. The van der Waals surface area contributed by atoms with Gasteiger partial charge in [-0.05, 0) is 50.7 Å². The second kappa shape index (κ2) is 8.43. The van der Waals surface area contributed by atoms with E-state index in [-0.39, 0.29) is 17.9 Å². The molecule has 2 N–H and O–H groups in total. The van der Waals surface area contributed by atoms with E-state index in [1.54, 1.807) is 26.0 Å². The molecule has 1 heterocycles. The van der Waals surface area contributed by atoms with Crippen LogP contribution in [0.1, 0.15) is 35.7 Å². The van der Waals surface area contributed by atoms with Crippen LogP contribution in [0.15, 0.2) is 54.6 Å². The number of nitrogens with zero attached hydrogens (tertiary/aromatic N) is 1. The number of hydrogen-bond acceptors (Lipinski definition) is 4. The Morgan fingerprint density at radius 2 is 1.68 bits per heavy atom. The molecule has 150 valence electrons. The number of anilines is 1. The number of likely N-dealkylation sites (N-methyl/N-ethyl adjacent to an activating group) is 1. The highest BCUT2D eigenvalue weighted by atomic mass is 32.2. The van der Waals surface area contributed by atoms with E-state index in [9.17, 15) is 13.2 Å². The molecule has 0 unspecified atom stereocenters. The summed E-state index contributed by atoms with van der Waals surface area (Å²) in [6.07, 6.45) is 0. The maximum atomic E-state index is 12.3. The van der Waals surface area contributed by atoms with Crippen molar-refractivity contribution in [3.63, 3.8) is 0 Å². The Hall–Kier alpha value is -2.22. The minimum Gasteiger partial charge on any atom is -0.322 e. The third-order valence-corrected chi connectivity index (χ3v) is 6.94. The molecule has 0 aliphatic carbocycles. The second-order valence-corrected chi connectivity index (χ2v) is 9.86. The first kappa shape index (κ1) is 20.5. The molecule has 2 aromatic carbocycles. The molecule has 1 fully saturated rings. The Bertz CT molecular complexity index is 912. The van der Waals surface area contributed by atoms with E-state index in [1.807, 2.05) is 49.5 Å². The number of amides is 1. The van der Waals surface area contributed by atoms with Gasteiger partial charge >= 0.3 is 0 Å². The fourth-order valence-electron chi connectivity index (χ4n) is 3.41. The largest absolute Gasteiger partial charge is 0.322 e. The van der Waals surface area contributed by atoms with Gasteiger partial charge in [-0.25, -0.2) is 13.1 Å². The highest BCUT2D eigenvalue weighted by Crippen LogP contribution is 2.28. The lowest BCUT2D eigenvalue weighted by Gasteiger charge is -2.22. The summed E-state index contributed by atoms with van der Waals surface area (Å²) >= 11 is 0. The molecule has 6 nitrogen and oxygen atoms in total. The molecule has 2 aromatic rings. The van der Waals surface area contributed by atoms with Crippen LogP contribution in [0.25, 0.3) is 0 Å². The van der Waals surface area contributed by atoms with Crippen molar-refractivity contribution in [1.29, 1.82) is 0 Å². The molecule has 2 atom stereocenters. The number of nitrogens with one attached hydrogen (secondary N) is 2. The zero-order valence-electron chi connectivity index (χ0n) is 16.4. The molecule has 0 bridgehead atoms. The number of benzene rings is 2. The summed E-state index contributed by atoms with van der Waals surface area (Å²) in [5.41, 5.74) is 2.37. The van der Waals surface area contributed by atoms with Crippen LogP contribution < -0.4 is 10.0 Å². The lowest BCUT2D eigenvalue weighted by Crippen LogP contribution is -2.42. The quantitative estimate of drug-likeness (QED) is 0.780. The topological polar surface area (TPSA) is 78.5 Å². The van der Waals surface area contributed by atoms with Crippen molar-refractivity contribution in [2.45, 2.75) is 31.1 Å². The molecule has 1 aliphatic heterocycles. The first-order valence-electron chi connectivity index (χ1n) is 9.42. The highest BCUT2D eigenvalue weighted by molar-refractivity contribution is 7.90. The molecule has 1 saturated heterocycles. The Balaban J connectivity index is 1.72. The monoisotopic (exact) mass is 401 g/mol. The smallest absolute Gasteiger partial charge is 0.255 e. The van der Waals surface area contributed by atoms with E-state index in [2.05, 4.69) is 14.9 Å². The van der Waals surface area contributed by atoms with Crippen molar-refractivity contribution in [3.05, 3.63) is 65.7 Å². The predicted molar refractivity (Wildman–Crippen MR) is 112 cm³/mol. The van der Waals surface area contributed by atoms with Gasteiger partial charge in [0.2, 0.25) is 10.0 Å². The number of likely N-dealkylation sites (tertiary alicyclic amines) is 1. The van der Waals surface area contributed by atoms with E-state index in [4.69, 9.17) is 0 Å². The maximum Gasteiger partial charge on any atom is 0.255 e. The molecular weight excluding hydrogens is 374 g/mol. The fraction of sp³-hybridized carbons (Fsp3) is 0.381. The standard InChI is InChI=1S/C21H27N3O3S/c1-15(2)28(26,27)23-20-14-24(3)13-19(20)16-9-11-18(12-10-16)22-21(25)17-7-5-4-6-8-17/h4-12,15,19-20,23H,13-14H2,1-3H3,(H,22,25)/t19-,20+/m1/s1. The number of carbonyl (C=O) groups is 1. The van der Waals surface area contributed by atoms with E-state index >= 15 is 0 Å². The Kier molecular flexibility index (Phi) is 6.17. The summed E-state index contributed by atoms with van der Waals surface area (Å²) in [5.74, 6) is -0.0890. The average molecular weight is 402 g/mol. The van der Waals surface area contributed by atoms with Gasteiger partial charge in [0.15, 0.2) is 0 Å². The van der Waals surface area contributed by atoms with Crippen molar-refractivity contribution >= 4 is 21.6 Å².